The molecular formula is C23H21F2N5O4S. The average Bonchev–Trinajstić information content (AvgIpc) is 2.78. The number of hydrogen-bond donors (Lipinski definition) is 1. The van der Waals surface area contributed by atoms with Gasteiger partial charge in [-0.3, -0.25) is 4.79 Å². The number of hydrogen-bond acceptors (Lipinski definition) is 6. The number of aryl methyl sites for hydroxylation is 1. The van der Waals surface area contributed by atoms with Crippen LogP contribution >= 0.6 is 0 Å². The number of aromatic nitrogens is 2. The van der Waals surface area contributed by atoms with Crippen LogP contribution in [-0.4, -0.2) is 55.6 Å². The third-order valence-electron chi connectivity index (χ3n) is 5.36. The molecule has 0 radical (unpaired) electrons. The fourth-order valence-corrected chi connectivity index (χ4v) is 4.23. The molecule has 3 amide bonds. The highest BCUT2D eigenvalue weighted by atomic mass is 32.2. The molecule has 1 aliphatic rings. The number of amides is 3. The number of anilines is 2. The van der Waals surface area contributed by atoms with E-state index in [1.54, 1.807) is 39.2 Å². The van der Waals surface area contributed by atoms with Crippen molar-refractivity contribution < 1.29 is 26.8 Å². The highest BCUT2D eigenvalue weighted by Gasteiger charge is 2.35. The van der Waals surface area contributed by atoms with E-state index in [-0.39, 0.29) is 40.7 Å². The predicted molar refractivity (Wildman–Crippen MR) is 124 cm³/mol. The number of benzene rings is 2. The zero-order chi connectivity index (χ0) is 25.7. The first kappa shape index (κ1) is 24.2. The van der Waals surface area contributed by atoms with E-state index in [4.69, 9.17) is 0 Å². The van der Waals surface area contributed by atoms with Crippen LogP contribution in [0.15, 0.2) is 41.6 Å². The van der Waals surface area contributed by atoms with Crippen LogP contribution in [0.3, 0.4) is 0 Å². The molecule has 0 spiro atoms. The lowest BCUT2D eigenvalue weighted by molar-refractivity contribution is 0.0828. The molecule has 0 bridgehead atoms. The Balaban J connectivity index is 2.11. The first-order valence-electron chi connectivity index (χ1n) is 10.4. The number of carbonyl (C=O) groups is 2. The summed E-state index contributed by atoms with van der Waals surface area (Å²) in [7, 11) is -0.910. The zero-order valence-electron chi connectivity index (χ0n) is 19.3. The van der Waals surface area contributed by atoms with Gasteiger partial charge in [-0.15, -0.1) is 0 Å². The Kier molecular flexibility index (Phi) is 6.01. The van der Waals surface area contributed by atoms with E-state index in [1.165, 1.54) is 4.90 Å². The third kappa shape index (κ3) is 4.32. The number of fused-ring (bicyclic) bond motifs is 1. The van der Waals surface area contributed by atoms with Gasteiger partial charge in [-0.2, -0.15) is 4.98 Å². The van der Waals surface area contributed by atoms with Gasteiger partial charge in [0.05, 0.1) is 12.2 Å². The summed E-state index contributed by atoms with van der Waals surface area (Å²) in [6.45, 7) is 1.62. The van der Waals surface area contributed by atoms with Gasteiger partial charge in [0.1, 0.15) is 17.3 Å². The van der Waals surface area contributed by atoms with Crippen molar-refractivity contribution in [3.63, 3.8) is 0 Å². The normalized spacial score (nSPS) is 13.3. The number of urea groups is 1. The molecule has 182 valence electrons. The molecule has 0 atom stereocenters. The number of sulfone groups is 1. The minimum absolute atomic E-state index is 0.0473. The summed E-state index contributed by atoms with van der Waals surface area (Å²) in [4.78, 5) is 36.0. The highest BCUT2D eigenvalue weighted by molar-refractivity contribution is 7.90. The minimum atomic E-state index is -4.03. The molecule has 0 fully saturated rings. The predicted octanol–water partition coefficient (Wildman–Crippen LogP) is 3.20. The monoisotopic (exact) mass is 501 g/mol. The van der Waals surface area contributed by atoms with E-state index in [9.17, 15) is 26.8 Å². The summed E-state index contributed by atoms with van der Waals surface area (Å²) in [6, 6.07) is 7.11. The first-order chi connectivity index (χ1) is 16.4. The van der Waals surface area contributed by atoms with Crippen LogP contribution in [0.25, 0.3) is 11.3 Å². The van der Waals surface area contributed by atoms with E-state index in [1.807, 2.05) is 0 Å². The number of rotatable bonds is 4. The standard InChI is InChI=1S/C23H21F2N5O4S/c1-12-8-9-13(21(31)29(2)3)14(10-12)18-15-11-26-23(32)30(19-16(24)6-5-7-17(19)25)20(15)28-22(27-18)35(4,33)34/h5-10H,11H2,1-4H3,(H,26,32). The molecule has 1 aliphatic heterocycles. The Morgan fingerprint density at radius 1 is 1.11 bits per heavy atom. The zero-order valence-corrected chi connectivity index (χ0v) is 20.1. The molecule has 2 heterocycles. The summed E-state index contributed by atoms with van der Waals surface area (Å²) in [5.41, 5.74) is 0.785. The van der Waals surface area contributed by atoms with Crippen LogP contribution in [0.1, 0.15) is 21.5 Å². The molecule has 9 nitrogen and oxygen atoms in total. The lowest BCUT2D eigenvalue weighted by Gasteiger charge is -2.31. The van der Waals surface area contributed by atoms with Gasteiger partial charge in [-0.05, 0) is 31.2 Å². The fourth-order valence-electron chi connectivity index (χ4n) is 3.72. The second-order valence-corrected chi connectivity index (χ2v) is 10.2. The van der Waals surface area contributed by atoms with Crippen molar-refractivity contribution in [1.29, 1.82) is 0 Å². The van der Waals surface area contributed by atoms with Gasteiger partial charge in [0.2, 0.25) is 15.0 Å². The van der Waals surface area contributed by atoms with E-state index < -0.39 is 38.3 Å². The van der Waals surface area contributed by atoms with E-state index >= 15 is 0 Å². The minimum Gasteiger partial charge on any atom is -0.345 e. The van der Waals surface area contributed by atoms with Crippen molar-refractivity contribution in [2.45, 2.75) is 18.6 Å². The van der Waals surface area contributed by atoms with Crippen molar-refractivity contribution in [2.24, 2.45) is 0 Å². The molecule has 35 heavy (non-hydrogen) atoms. The van der Waals surface area contributed by atoms with E-state index in [0.717, 1.165) is 30.0 Å². The van der Waals surface area contributed by atoms with Gasteiger partial charge in [-0.25, -0.2) is 31.9 Å². The van der Waals surface area contributed by atoms with Crippen LogP contribution in [0.2, 0.25) is 0 Å². The van der Waals surface area contributed by atoms with E-state index in [2.05, 4.69) is 15.3 Å². The molecular weight excluding hydrogens is 480 g/mol. The molecule has 0 saturated carbocycles. The molecule has 0 aliphatic carbocycles. The van der Waals surface area contributed by atoms with Crippen LogP contribution < -0.4 is 10.2 Å². The lowest BCUT2D eigenvalue weighted by Crippen LogP contribution is -2.43. The summed E-state index contributed by atoms with van der Waals surface area (Å²) in [6.07, 6.45) is 0.873. The van der Waals surface area contributed by atoms with Crippen LogP contribution in [-0.2, 0) is 16.4 Å². The summed E-state index contributed by atoms with van der Waals surface area (Å²) in [5, 5.41) is 1.86. The Morgan fingerprint density at radius 2 is 1.77 bits per heavy atom. The van der Waals surface area contributed by atoms with Gasteiger partial charge in [0, 0.05) is 37.0 Å². The maximum atomic E-state index is 14.7. The van der Waals surface area contributed by atoms with Gasteiger partial charge in [0.25, 0.3) is 5.91 Å². The fraction of sp³-hybridized carbons (Fsp3) is 0.217. The lowest BCUT2D eigenvalue weighted by atomic mass is 9.96. The van der Waals surface area contributed by atoms with Crippen molar-refractivity contribution in [3.8, 4) is 11.3 Å². The third-order valence-corrected chi connectivity index (χ3v) is 6.20. The molecule has 2 aromatic carbocycles. The quantitative estimate of drug-likeness (QED) is 0.550. The Morgan fingerprint density at radius 3 is 2.37 bits per heavy atom. The molecule has 12 heteroatoms. The number of para-hydroxylation sites is 1. The molecule has 3 aromatic rings. The van der Waals surface area contributed by atoms with Crippen LogP contribution in [0.4, 0.5) is 25.1 Å². The van der Waals surface area contributed by atoms with Crippen molar-refractivity contribution in [2.75, 3.05) is 25.3 Å². The summed E-state index contributed by atoms with van der Waals surface area (Å²) in [5.74, 6) is -2.76. The number of halogens is 2. The smallest absolute Gasteiger partial charge is 0.328 e. The average molecular weight is 502 g/mol. The second-order valence-electron chi connectivity index (χ2n) is 8.24. The van der Waals surface area contributed by atoms with Gasteiger partial charge >= 0.3 is 6.03 Å². The Hall–Kier alpha value is -3.93. The molecule has 0 saturated heterocycles. The molecule has 4 rings (SSSR count). The van der Waals surface area contributed by atoms with Gasteiger partial charge in [0.15, 0.2) is 5.82 Å². The summed E-state index contributed by atoms with van der Waals surface area (Å²) < 4.78 is 54.4. The summed E-state index contributed by atoms with van der Waals surface area (Å²) >= 11 is 0. The Bertz CT molecular complexity index is 1470. The number of nitrogens with zero attached hydrogens (tertiary/aromatic N) is 4. The van der Waals surface area contributed by atoms with Gasteiger partial charge in [-0.1, -0.05) is 17.7 Å². The van der Waals surface area contributed by atoms with Crippen LogP contribution in [0.5, 0.6) is 0 Å². The first-order valence-corrected chi connectivity index (χ1v) is 12.2. The van der Waals surface area contributed by atoms with Crippen molar-refractivity contribution in [3.05, 3.63) is 64.7 Å². The number of carbonyl (C=O) groups excluding carboxylic acids is 2. The maximum Gasteiger partial charge on any atom is 0.328 e. The Labute approximate surface area is 200 Å². The molecule has 1 aromatic heterocycles. The van der Waals surface area contributed by atoms with Crippen LogP contribution in [0, 0.1) is 18.6 Å². The molecule has 1 N–H and O–H groups in total. The van der Waals surface area contributed by atoms with Crippen molar-refractivity contribution >= 4 is 33.3 Å². The highest BCUT2D eigenvalue weighted by Crippen LogP contribution is 2.39. The molecule has 0 unspecified atom stereocenters. The SMILES string of the molecule is Cc1ccc(C(=O)N(C)C)c(-c2nc(S(C)(=O)=O)nc3c2CNC(=O)N3c2c(F)cccc2F)c1. The maximum absolute atomic E-state index is 14.7. The topological polar surface area (TPSA) is 113 Å². The van der Waals surface area contributed by atoms with Gasteiger partial charge < -0.3 is 10.2 Å². The van der Waals surface area contributed by atoms with E-state index in [0.29, 0.717) is 4.90 Å². The second kappa shape index (κ2) is 8.69. The van der Waals surface area contributed by atoms with Crippen molar-refractivity contribution in [1.82, 2.24) is 20.2 Å². The number of nitrogens with one attached hydrogen (secondary N) is 1. The largest absolute Gasteiger partial charge is 0.345 e.